The Morgan fingerprint density at radius 2 is 1.72 bits per heavy atom. The van der Waals surface area contributed by atoms with E-state index in [0.717, 1.165) is 111 Å². The Balaban J connectivity index is 0.648. The van der Waals surface area contributed by atoms with Gasteiger partial charge in [-0.25, -0.2) is 22.8 Å². The first-order chi connectivity index (χ1) is 41.9. The van der Waals surface area contributed by atoms with Crippen LogP contribution in [0.4, 0.5) is 17.1 Å². The minimum absolute atomic E-state index is 0.0595. The maximum absolute atomic E-state index is 14.2. The van der Waals surface area contributed by atoms with Crippen LogP contribution in [0, 0.1) is 21.4 Å². The van der Waals surface area contributed by atoms with Gasteiger partial charge in [0.2, 0.25) is 11.8 Å². The number of anilines is 2. The number of fused-ring (bicyclic) bond motifs is 2. The average molecular weight is 1220 g/mol. The Morgan fingerprint density at radius 1 is 0.920 bits per heavy atom. The molecule has 87 heavy (non-hydrogen) atoms. The van der Waals surface area contributed by atoms with Crippen LogP contribution in [0.2, 0.25) is 5.02 Å². The minimum atomic E-state index is -4.64. The molecule has 452 valence electrons. The van der Waals surface area contributed by atoms with Crippen molar-refractivity contribution >= 4 is 78.9 Å². The van der Waals surface area contributed by atoms with Gasteiger partial charge >= 0.3 is 0 Å². The lowest BCUT2D eigenvalue weighted by atomic mass is 9.72. The van der Waals surface area contributed by atoms with Crippen molar-refractivity contribution in [1.29, 1.82) is 0 Å². The number of benzene rings is 4. The molecule has 7 heterocycles. The van der Waals surface area contributed by atoms with Crippen molar-refractivity contribution < 1.29 is 37.3 Å². The molecule has 1 unspecified atom stereocenters. The van der Waals surface area contributed by atoms with E-state index in [4.69, 9.17) is 16.3 Å². The van der Waals surface area contributed by atoms with E-state index in [2.05, 4.69) is 76.3 Å². The zero-order chi connectivity index (χ0) is 60.6. The number of carbonyl (C=O) groups is 4. The number of amides is 4. The summed E-state index contributed by atoms with van der Waals surface area (Å²) in [4.78, 5) is 79.4. The molecule has 24 heteroatoms. The van der Waals surface area contributed by atoms with Crippen molar-refractivity contribution in [2.75, 3.05) is 69.1 Å². The number of carbonyl (C=O) groups excluding carboxylic acids is 4. The van der Waals surface area contributed by atoms with E-state index in [1.807, 2.05) is 30.5 Å². The van der Waals surface area contributed by atoms with Gasteiger partial charge in [0.25, 0.3) is 27.5 Å². The van der Waals surface area contributed by atoms with E-state index in [0.29, 0.717) is 48.7 Å². The van der Waals surface area contributed by atoms with Gasteiger partial charge in [-0.1, -0.05) is 54.4 Å². The maximum Gasteiger partial charge on any atom is 0.293 e. The maximum atomic E-state index is 14.2. The van der Waals surface area contributed by atoms with Gasteiger partial charge in [-0.15, -0.1) is 5.10 Å². The third kappa shape index (κ3) is 13.1. The number of piperidine rings is 2. The fourth-order valence-corrected chi connectivity index (χ4v) is 13.8. The third-order valence-corrected chi connectivity index (χ3v) is 19.2. The Morgan fingerprint density at radius 3 is 2.51 bits per heavy atom. The van der Waals surface area contributed by atoms with E-state index in [-0.39, 0.29) is 59.5 Å². The highest BCUT2D eigenvalue weighted by atomic mass is 35.5. The lowest BCUT2D eigenvalue weighted by molar-refractivity contribution is -0.384. The number of aromatic nitrogens is 5. The molecule has 4 aliphatic heterocycles. The zero-order valence-electron chi connectivity index (χ0n) is 48.5. The van der Waals surface area contributed by atoms with Gasteiger partial charge in [-0.3, -0.25) is 39.5 Å². The third-order valence-electron chi connectivity index (χ3n) is 17.6. The molecule has 3 aromatic heterocycles. The number of pyridine rings is 1. The highest BCUT2D eigenvalue weighted by Gasteiger charge is 2.40. The number of halogens is 1. The number of aromatic amines is 1. The SMILES string of the molecule is CC1(C)CCC(CN2CCN(c3ccc(C(=O)NS(=O)(=O)c4ccc(NCC5CCN(CCCc6cn(-c7cccc8c7CN(C7CCC(=O)NC7=O)C8=O)nn6)CC5)c([N+](=O)[O-])c4)c(Oc4cnc5[nH]ccc5c4)c3)CC2)=C(c2ccc(Cl)cc2)C1. The molecule has 12 rings (SSSR count). The molecular formula is C63H68ClN13O9S. The quantitative estimate of drug-likeness (QED) is 0.0334. The fraction of sp³-hybridized carbons (Fsp3) is 0.381. The van der Waals surface area contributed by atoms with Gasteiger partial charge in [0.05, 0.1) is 39.2 Å². The molecule has 5 aliphatic rings. The summed E-state index contributed by atoms with van der Waals surface area (Å²) < 4.78 is 38.2. The van der Waals surface area contributed by atoms with Gasteiger partial charge in [0.1, 0.15) is 28.9 Å². The van der Waals surface area contributed by atoms with E-state index >= 15 is 0 Å². The second kappa shape index (κ2) is 24.7. The molecule has 1 aliphatic carbocycles. The molecule has 0 saturated carbocycles. The van der Waals surface area contributed by atoms with E-state index in [1.165, 1.54) is 46.0 Å². The highest BCUT2D eigenvalue weighted by Crippen LogP contribution is 2.44. The number of aryl methyl sites for hydroxylation is 1. The van der Waals surface area contributed by atoms with E-state index < -0.39 is 43.4 Å². The number of nitro benzene ring substituents is 1. The van der Waals surface area contributed by atoms with Crippen LogP contribution in [-0.2, 0) is 32.6 Å². The first-order valence-corrected chi connectivity index (χ1v) is 31.5. The van der Waals surface area contributed by atoms with E-state index in [1.54, 1.807) is 41.2 Å². The average Bonchev–Trinajstić information content (AvgIpc) is 1.98. The van der Waals surface area contributed by atoms with Crippen LogP contribution in [0.25, 0.3) is 22.3 Å². The zero-order valence-corrected chi connectivity index (χ0v) is 50.0. The summed E-state index contributed by atoms with van der Waals surface area (Å²) in [6, 6.07) is 25.1. The molecule has 4 aromatic carbocycles. The Bertz CT molecular complexity index is 3960. The van der Waals surface area contributed by atoms with Crippen LogP contribution in [0.3, 0.4) is 0 Å². The molecule has 1 atom stereocenters. The van der Waals surface area contributed by atoms with Crippen LogP contribution < -0.4 is 25.0 Å². The number of hydrogen-bond acceptors (Lipinski definition) is 16. The number of nitro groups is 1. The number of H-pyrrole nitrogens is 1. The Kier molecular flexibility index (Phi) is 16.7. The van der Waals surface area contributed by atoms with Gasteiger partial charge in [-0.2, -0.15) is 0 Å². The number of imide groups is 1. The number of sulfonamides is 1. The number of piperazine rings is 1. The summed E-state index contributed by atoms with van der Waals surface area (Å²) in [5, 5.41) is 28.3. The van der Waals surface area contributed by atoms with Crippen molar-refractivity contribution in [3.8, 4) is 17.2 Å². The molecule has 22 nitrogen and oxygen atoms in total. The topological polar surface area (TPSA) is 263 Å². The van der Waals surface area contributed by atoms with Crippen molar-refractivity contribution in [3.05, 3.63) is 158 Å². The highest BCUT2D eigenvalue weighted by molar-refractivity contribution is 7.90. The van der Waals surface area contributed by atoms with E-state index in [9.17, 15) is 37.7 Å². The van der Waals surface area contributed by atoms with Crippen molar-refractivity contribution in [2.45, 2.75) is 89.1 Å². The first kappa shape index (κ1) is 58.9. The predicted molar refractivity (Wildman–Crippen MR) is 328 cm³/mol. The van der Waals surface area contributed by atoms with Crippen LogP contribution in [0.15, 0.2) is 120 Å². The molecule has 7 aromatic rings. The molecule has 0 bridgehead atoms. The Labute approximate surface area is 508 Å². The number of rotatable bonds is 19. The number of likely N-dealkylation sites (tertiary alicyclic amines) is 1. The number of hydrogen-bond donors (Lipinski definition) is 4. The van der Waals surface area contributed by atoms with Crippen LogP contribution in [-0.4, -0.2) is 142 Å². The summed E-state index contributed by atoms with van der Waals surface area (Å²) in [5.74, 6) is -1.39. The summed E-state index contributed by atoms with van der Waals surface area (Å²) in [7, 11) is -4.64. The van der Waals surface area contributed by atoms with Crippen molar-refractivity contribution in [3.63, 3.8) is 0 Å². The monoisotopic (exact) mass is 1220 g/mol. The predicted octanol–water partition coefficient (Wildman–Crippen LogP) is 8.92. The number of ether oxygens (including phenoxy) is 1. The van der Waals surface area contributed by atoms with Gasteiger partial charge < -0.3 is 29.7 Å². The normalized spacial score (nSPS) is 18.7. The molecule has 0 radical (unpaired) electrons. The minimum Gasteiger partial charge on any atom is -0.455 e. The lowest BCUT2D eigenvalue weighted by Gasteiger charge is -2.39. The number of allylic oxidation sites excluding steroid dienone is 1. The second-order valence-corrected chi connectivity index (χ2v) is 26.2. The lowest BCUT2D eigenvalue weighted by Crippen LogP contribution is -2.52. The summed E-state index contributed by atoms with van der Waals surface area (Å²) in [6.45, 7) is 11.7. The standard InChI is InChI=1S/C63H68ClN13O9S/c1-63(2)22-18-43(51(34-63)41-8-10-44(64)11-9-41)37-73-27-29-74(30-28-73)46-12-14-50(57(32-46)86-47-31-42-19-23-65-59(42)67-36-47)60(79)70-87(84,85)48-13-15-53(56(33-48)77(82)83)66-35-40-20-25-72(26-21-40)24-4-5-45-38-76(71-69-45)54-7-3-6-49-52(54)39-75(62(49)81)55-16-17-58(78)68-61(55)80/h3,6-15,19,23,31-33,36,38,40,55,66H,4-5,16-18,20-22,24-30,34-35,37,39H2,1-2H3,(H,65,67)(H,70,79)(H,68,78,80). The summed E-state index contributed by atoms with van der Waals surface area (Å²) >= 11 is 6.27. The summed E-state index contributed by atoms with van der Waals surface area (Å²) in [5.41, 5.74) is 8.12. The van der Waals surface area contributed by atoms with Crippen LogP contribution in [0.5, 0.6) is 11.5 Å². The molecule has 3 saturated heterocycles. The van der Waals surface area contributed by atoms with Gasteiger partial charge in [0.15, 0.2) is 0 Å². The van der Waals surface area contributed by atoms with Crippen molar-refractivity contribution in [2.24, 2.45) is 11.3 Å². The first-order valence-electron chi connectivity index (χ1n) is 29.6. The van der Waals surface area contributed by atoms with Gasteiger partial charge in [-0.05, 0) is 154 Å². The molecule has 4 amide bonds. The molecule has 3 fully saturated rings. The second-order valence-electron chi connectivity index (χ2n) is 24.1. The Hall–Kier alpha value is -8.51. The molecular weight excluding hydrogens is 1150 g/mol. The number of nitrogens with zero attached hydrogens (tertiary/aromatic N) is 9. The fourth-order valence-electron chi connectivity index (χ4n) is 12.7. The van der Waals surface area contributed by atoms with Crippen LogP contribution in [0.1, 0.15) is 103 Å². The molecule has 0 spiro atoms. The molecule has 4 N–H and O–H groups in total. The van der Waals surface area contributed by atoms with Gasteiger partial charge in [0, 0.05) is 97.8 Å². The van der Waals surface area contributed by atoms with Crippen LogP contribution >= 0.6 is 11.6 Å². The summed E-state index contributed by atoms with van der Waals surface area (Å²) in [6.07, 6.45) is 11.9. The largest absolute Gasteiger partial charge is 0.455 e. The van der Waals surface area contributed by atoms with Crippen molar-refractivity contribution in [1.82, 2.24) is 49.7 Å². The smallest absolute Gasteiger partial charge is 0.293 e. The number of nitrogens with one attached hydrogen (secondary N) is 4.